The molecule has 0 unspecified atom stereocenters. The fourth-order valence-corrected chi connectivity index (χ4v) is 2.65. The Kier molecular flexibility index (Phi) is 3.38. The monoisotopic (exact) mass is 277 g/mol. The standard InChI is InChI=1S/C19H19NO/c1-12-9-14(3)19-16(10-12)18(11-15(4)20-19)21-17-8-6-5-7-13(17)2/h5-11H,1-4H3. The highest BCUT2D eigenvalue weighted by atomic mass is 16.5. The Bertz CT molecular complexity index is 821. The minimum absolute atomic E-state index is 0.874. The maximum Gasteiger partial charge on any atom is 0.138 e. The summed E-state index contributed by atoms with van der Waals surface area (Å²) < 4.78 is 6.17. The van der Waals surface area contributed by atoms with E-state index in [0.717, 1.165) is 33.7 Å². The number of aryl methyl sites for hydroxylation is 4. The van der Waals surface area contributed by atoms with Crippen molar-refractivity contribution in [2.75, 3.05) is 0 Å². The highest BCUT2D eigenvalue weighted by Gasteiger charge is 2.10. The van der Waals surface area contributed by atoms with Crippen LogP contribution in [0.3, 0.4) is 0 Å². The van der Waals surface area contributed by atoms with Crippen molar-refractivity contribution in [1.29, 1.82) is 0 Å². The molecule has 2 nitrogen and oxygen atoms in total. The summed E-state index contributed by atoms with van der Waals surface area (Å²) in [6.07, 6.45) is 0. The first kappa shape index (κ1) is 13.6. The van der Waals surface area contributed by atoms with E-state index in [-0.39, 0.29) is 0 Å². The smallest absolute Gasteiger partial charge is 0.138 e. The number of nitrogens with zero attached hydrogens (tertiary/aromatic N) is 1. The second-order valence-corrected chi connectivity index (χ2v) is 5.61. The largest absolute Gasteiger partial charge is 0.456 e. The zero-order chi connectivity index (χ0) is 15.0. The Labute approximate surface area is 125 Å². The Morgan fingerprint density at radius 2 is 1.57 bits per heavy atom. The molecule has 0 radical (unpaired) electrons. The molecule has 3 aromatic rings. The molecule has 0 saturated carbocycles. The summed E-state index contributed by atoms with van der Waals surface area (Å²) >= 11 is 0. The molecule has 0 atom stereocenters. The van der Waals surface area contributed by atoms with Crippen molar-refractivity contribution < 1.29 is 4.74 Å². The molecule has 0 aliphatic rings. The van der Waals surface area contributed by atoms with E-state index in [4.69, 9.17) is 4.74 Å². The maximum atomic E-state index is 6.17. The van der Waals surface area contributed by atoms with Crippen LogP contribution in [0.1, 0.15) is 22.4 Å². The summed E-state index contributed by atoms with van der Waals surface area (Å²) in [5.41, 5.74) is 5.52. The molecular formula is C19H19NO. The predicted octanol–water partition coefficient (Wildman–Crippen LogP) is 5.26. The second kappa shape index (κ2) is 5.21. The molecule has 0 fully saturated rings. The van der Waals surface area contributed by atoms with Gasteiger partial charge in [-0.15, -0.1) is 0 Å². The van der Waals surface area contributed by atoms with Crippen LogP contribution in [0.15, 0.2) is 42.5 Å². The Hall–Kier alpha value is -2.35. The van der Waals surface area contributed by atoms with Crippen LogP contribution in [0.4, 0.5) is 0 Å². The van der Waals surface area contributed by atoms with Gasteiger partial charge in [-0.2, -0.15) is 0 Å². The van der Waals surface area contributed by atoms with Crippen molar-refractivity contribution >= 4 is 10.9 Å². The van der Waals surface area contributed by atoms with Gasteiger partial charge < -0.3 is 4.74 Å². The Morgan fingerprint density at radius 1 is 0.810 bits per heavy atom. The van der Waals surface area contributed by atoms with Crippen LogP contribution in [0.5, 0.6) is 11.5 Å². The first-order valence-corrected chi connectivity index (χ1v) is 7.16. The highest BCUT2D eigenvalue weighted by Crippen LogP contribution is 2.33. The number of rotatable bonds is 2. The molecule has 0 spiro atoms. The summed E-state index contributed by atoms with van der Waals surface area (Å²) in [7, 11) is 0. The number of benzene rings is 2. The van der Waals surface area contributed by atoms with E-state index < -0.39 is 0 Å². The SMILES string of the molecule is Cc1cc(C)c2nc(C)cc(Oc3ccccc3C)c2c1. The normalized spacial score (nSPS) is 10.9. The average molecular weight is 277 g/mol. The molecule has 2 aromatic carbocycles. The van der Waals surface area contributed by atoms with Gasteiger partial charge in [-0.1, -0.05) is 24.3 Å². The van der Waals surface area contributed by atoms with Gasteiger partial charge in [0.15, 0.2) is 0 Å². The molecule has 2 heteroatoms. The van der Waals surface area contributed by atoms with Gasteiger partial charge in [0.2, 0.25) is 0 Å². The number of ether oxygens (including phenoxy) is 1. The molecule has 0 aliphatic heterocycles. The van der Waals surface area contributed by atoms with Gasteiger partial charge in [-0.05, 0) is 56.5 Å². The highest BCUT2D eigenvalue weighted by molar-refractivity contribution is 5.88. The van der Waals surface area contributed by atoms with Crippen LogP contribution in [0, 0.1) is 27.7 Å². The van der Waals surface area contributed by atoms with Gasteiger partial charge in [0, 0.05) is 17.1 Å². The summed E-state index contributed by atoms with van der Waals surface area (Å²) in [5.74, 6) is 1.77. The fourth-order valence-electron chi connectivity index (χ4n) is 2.65. The van der Waals surface area contributed by atoms with Gasteiger partial charge in [0.25, 0.3) is 0 Å². The van der Waals surface area contributed by atoms with E-state index in [1.807, 2.05) is 31.2 Å². The minimum atomic E-state index is 0.874. The summed E-state index contributed by atoms with van der Waals surface area (Å²) in [4.78, 5) is 4.66. The topological polar surface area (TPSA) is 22.1 Å². The summed E-state index contributed by atoms with van der Waals surface area (Å²) in [6, 6.07) is 14.4. The zero-order valence-corrected chi connectivity index (χ0v) is 12.9. The van der Waals surface area contributed by atoms with E-state index in [1.165, 1.54) is 11.1 Å². The molecule has 0 saturated heterocycles. The number of para-hydroxylation sites is 1. The van der Waals surface area contributed by atoms with Crippen molar-refractivity contribution in [2.24, 2.45) is 0 Å². The van der Waals surface area contributed by atoms with Crippen molar-refractivity contribution in [2.45, 2.75) is 27.7 Å². The lowest BCUT2D eigenvalue weighted by molar-refractivity contribution is 0.483. The molecule has 0 aliphatic carbocycles. The third-order valence-corrected chi connectivity index (χ3v) is 3.65. The zero-order valence-electron chi connectivity index (χ0n) is 12.9. The second-order valence-electron chi connectivity index (χ2n) is 5.61. The van der Waals surface area contributed by atoms with Gasteiger partial charge in [-0.25, -0.2) is 0 Å². The third-order valence-electron chi connectivity index (χ3n) is 3.65. The number of pyridine rings is 1. The number of hydrogen-bond acceptors (Lipinski definition) is 2. The molecule has 0 bridgehead atoms. The molecular weight excluding hydrogens is 258 g/mol. The lowest BCUT2D eigenvalue weighted by Crippen LogP contribution is -1.94. The third kappa shape index (κ3) is 2.62. The van der Waals surface area contributed by atoms with Gasteiger partial charge >= 0.3 is 0 Å². The first-order valence-electron chi connectivity index (χ1n) is 7.16. The number of hydrogen-bond donors (Lipinski definition) is 0. The Balaban J connectivity index is 2.20. The van der Waals surface area contributed by atoms with E-state index in [0.29, 0.717) is 0 Å². The first-order chi connectivity index (χ1) is 10.0. The van der Waals surface area contributed by atoms with E-state index in [2.05, 4.69) is 44.0 Å². The van der Waals surface area contributed by atoms with Crippen LogP contribution in [-0.2, 0) is 0 Å². The van der Waals surface area contributed by atoms with Crippen molar-refractivity contribution in [3.05, 3.63) is 64.8 Å². The predicted molar refractivity (Wildman–Crippen MR) is 87.2 cm³/mol. The summed E-state index contributed by atoms with van der Waals surface area (Å²) in [6.45, 7) is 8.26. The average Bonchev–Trinajstić information content (AvgIpc) is 2.42. The van der Waals surface area contributed by atoms with Crippen LogP contribution in [0.2, 0.25) is 0 Å². The molecule has 3 rings (SSSR count). The van der Waals surface area contributed by atoms with Crippen LogP contribution < -0.4 is 4.74 Å². The van der Waals surface area contributed by atoms with Crippen LogP contribution in [-0.4, -0.2) is 4.98 Å². The Morgan fingerprint density at radius 3 is 2.33 bits per heavy atom. The summed E-state index contributed by atoms with van der Waals surface area (Å²) in [5, 5.41) is 1.07. The fraction of sp³-hybridized carbons (Fsp3) is 0.211. The molecule has 1 heterocycles. The van der Waals surface area contributed by atoms with Crippen LogP contribution in [0.25, 0.3) is 10.9 Å². The molecule has 106 valence electrons. The number of aromatic nitrogens is 1. The van der Waals surface area contributed by atoms with E-state index in [1.54, 1.807) is 0 Å². The van der Waals surface area contributed by atoms with Crippen molar-refractivity contribution in [1.82, 2.24) is 4.98 Å². The lowest BCUT2D eigenvalue weighted by Gasteiger charge is -2.13. The lowest BCUT2D eigenvalue weighted by atomic mass is 10.1. The van der Waals surface area contributed by atoms with Crippen molar-refractivity contribution in [3.63, 3.8) is 0 Å². The van der Waals surface area contributed by atoms with Crippen LogP contribution >= 0.6 is 0 Å². The van der Waals surface area contributed by atoms with E-state index in [9.17, 15) is 0 Å². The quantitative estimate of drug-likeness (QED) is 0.637. The van der Waals surface area contributed by atoms with E-state index >= 15 is 0 Å². The number of fused-ring (bicyclic) bond motifs is 1. The molecule has 21 heavy (non-hydrogen) atoms. The molecule has 1 aromatic heterocycles. The molecule has 0 amide bonds. The van der Waals surface area contributed by atoms with Gasteiger partial charge in [-0.3, -0.25) is 4.98 Å². The molecule has 0 N–H and O–H groups in total. The van der Waals surface area contributed by atoms with Crippen molar-refractivity contribution in [3.8, 4) is 11.5 Å². The van der Waals surface area contributed by atoms with Gasteiger partial charge in [0.1, 0.15) is 11.5 Å². The minimum Gasteiger partial charge on any atom is -0.456 e. The van der Waals surface area contributed by atoms with Gasteiger partial charge in [0.05, 0.1) is 5.52 Å². The maximum absolute atomic E-state index is 6.17.